The summed E-state index contributed by atoms with van der Waals surface area (Å²) in [6.45, 7) is 5.17. The Kier molecular flexibility index (Phi) is 6.07. The Morgan fingerprint density at radius 2 is 1.68 bits per heavy atom. The molecule has 0 amide bonds. The summed E-state index contributed by atoms with van der Waals surface area (Å²) in [5.41, 5.74) is 1.63. The van der Waals surface area contributed by atoms with Gasteiger partial charge in [0.2, 0.25) is 0 Å². The van der Waals surface area contributed by atoms with Crippen molar-refractivity contribution in [3.63, 3.8) is 0 Å². The molecule has 0 radical (unpaired) electrons. The zero-order chi connectivity index (χ0) is 19.3. The molecule has 0 N–H and O–H groups in total. The molecule has 0 atom stereocenters. The maximum Gasteiger partial charge on any atom is 0.165 e. The standard InChI is InChI=1S/C22H26F2N2O2/c23-19-3-1-2-4-22(19)28-18-7-9-25(10-8-18)16-17-5-6-21(20(24)15-17)26-11-13-27-14-12-26/h1-6,15,18H,7-14,16H2. The largest absolute Gasteiger partial charge is 0.487 e. The highest BCUT2D eigenvalue weighted by molar-refractivity contribution is 5.49. The molecule has 2 saturated heterocycles. The van der Waals surface area contributed by atoms with E-state index in [1.54, 1.807) is 24.3 Å². The second-order valence-electron chi connectivity index (χ2n) is 7.41. The van der Waals surface area contributed by atoms with Crippen LogP contribution in [0.3, 0.4) is 0 Å². The van der Waals surface area contributed by atoms with Gasteiger partial charge in [-0.3, -0.25) is 4.90 Å². The molecule has 2 aliphatic heterocycles. The molecule has 0 spiro atoms. The zero-order valence-corrected chi connectivity index (χ0v) is 15.9. The van der Waals surface area contributed by atoms with Gasteiger partial charge >= 0.3 is 0 Å². The summed E-state index contributed by atoms with van der Waals surface area (Å²) in [4.78, 5) is 4.33. The van der Waals surface area contributed by atoms with Crippen LogP contribution in [-0.4, -0.2) is 50.4 Å². The van der Waals surface area contributed by atoms with E-state index in [9.17, 15) is 8.78 Å². The monoisotopic (exact) mass is 388 g/mol. The number of halogens is 2. The van der Waals surface area contributed by atoms with Crippen LogP contribution in [0.25, 0.3) is 0 Å². The third-order valence-corrected chi connectivity index (χ3v) is 5.43. The highest BCUT2D eigenvalue weighted by Gasteiger charge is 2.22. The molecule has 6 heteroatoms. The van der Waals surface area contributed by atoms with Gasteiger partial charge in [-0.2, -0.15) is 0 Å². The number of likely N-dealkylation sites (tertiary alicyclic amines) is 1. The van der Waals surface area contributed by atoms with Crippen molar-refractivity contribution >= 4 is 5.69 Å². The molecule has 0 unspecified atom stereocenters. The van der Waals surface area contributed by atoms with Crippen LogP contribution in [0.5, 0.6) is 5.75 Å². The first-order valence-electron chi connectivity index (χ1n) is 9.94. The molecule has 0 bridgehead atoms. The number of benzene rings is 2. The van der Waals surface area contributed by atoms with E-state index < -0.39 is 0 Å². The molecule has 28 heavy (non-hydrogen) atoms. The number of hydrogen-bond acceptors (Lipinski definition) is 4. The molecule has 2 fully saturated rings. The molecule has 2 aliphatic rings. The third-order valence-electron chi connectivity index (χ3n) is 5.43. The summed E-state index contributed by atoms with van der Waals surface area (Å²) in [5, 5.41) is 0. The minimum Gasteiger partial charge on any atom is -0.487 e. The summed E-state index contributed by atoms with van der Waals surface area (Å²) in [5.74, 6) is -0.167. The molecular formula is C22H26F2N2O2. The SMILES string of the molecule is Fc1ccccc1OC1CCN(Cc2ccc(N3CCOCC3)c(F)c2)CC1. The van der Waals surface area contributed by atoms with Crippen molar-refractivity contribution in [2.45, 2.75) is 25.5 Å². The molecule has 2 aromatic carbocycles. The van der Waals surface area contributed by atoms with Crippen molar-refractivity contribution < 1.29 is 18.3 Å². The first-order chi connectivity index (χ1) is 13.7. The van der Waals surface area contributed by atoms with Crippen molar-refractivity contribution in [2.75, 3.05) is 44.3 Å². The van der Waals surface area contributed by atoms with Crippen LogP contribution in [0.2, 0.25) is 0 Å². The fraction of sp³-hybridized carbons (Fsp3) is 0.455. The predicted octanol–water partition coefficient (Wildman–Crippen LogP) is 3.84. The minimum absolute atomic E-state index is 0.0218. The van der Waals surface area contributed by atoms with E-state index in [2.05, 4.69) is 4.90 Å². The fourth-order valence-electron chi connectivity index (χ4n) is 3.87. The van der Waals surface area contributed by atoms with Crippen LogP contribution in [0, 0.1) is 11.6 Å². The van der Waals surface area contributed by atoms with Crippen LogP contribution < -0.4 is 9.64 Å². The van der Waals surface area contributed by atoms with Crippen molar-refractivity contribution in [1.29, 1.82) is 0 Å². The zero-order valence-electron chi connectivity index (χ0n) is 15.9. The number of hydrogen-bond donors (Lipinski definition) is 0. The maximum atomic E-state index is 14.6. The minimum atomic E-state index is -0.319. The molecule has 0 aliphatic carbocycles. The summed E-state index contributed by atoms with van der Waals surface area (Å²) < 4.78 is 39.5. The number of morpholine rings is 1. The van der Waals surface area contributed by atoms with Gasteiger partial charge < -0.3 is 14.4 Å². The quantitative estimate of drug-likeness (QED) is 0.777. The normalized spacial score (nSPS) is 19.0. The molecule has 4 nitrogen and oxygen atoms in total. The number of rotatable bonds is 5. The highest BCUT2D eigenvalue weighted by Crippen LogP contribution is 2.25. The van der Waals surface area contributed by atoms with Gasteiger partial charge in [0.15, 0.2) is 11.6 Å². The second kappa shape index (κ2) is 8.88. The van der Waals surface area contributed by atoms with Gasteiger partial charge in [-0.05, 0) is 42.7 Å². The Bertz CT molecular complexity index is 788. The lowest BCUT2D eigenvalue weighted by Crippen LogP contribution is -2.38. The average molecular weight is 388 g/mol. The van der Waals surface area contributed by atoms with Crippen molar-refractivity contribution in [3.8, 4) is 5.75 Å². The predicted molar refractivity (Wildman–Crippen MR) is 105 cm³/mol. The van der Waals surface area contributed by atoms with Gasteiger partial charge in [0.25, 0.3) is 0 Å². The van der Waals surface area contributed by atoms with Crippen LogP contribution in [0.1, 0.15) is 18.4 Å². The van der Waals surface area contributed by atoms with E-state index in [-0.39, 0.29) is 17.7 Å². The molecule has 150 valence electrons. The number of para-hydroxylation sites is 1. The number of anilines is 1. The summed E-state index contributed by atoms with van der Waals surface area (Å²) in [6, 6.07) is 12.1. The molecule has 2 aromatic rings. The van der Waals surface area contributed by atoms with Gasteiger partial charge in [-0.15, -0.1) is 0 Å². The lowest BCUT2D eigenvalue weighted by molar-refractivity contribution is 0.0935. The molecule has 2 heterocycles. The highest BCUT2D eigenvalue weighted by atomic mass is 19.1. The Morgan fingerprint density at radius 3 is 2.39 bits per heavy atom. The molecule has 4 rings (SSSR count). The Hall–Kier alpha value is -2.18. The fourth-order valence-corrected chi connectivity index (χ4v) is 3.87. The van der Waals surface area contributed by atoms with Crippen LogP contribution in [0.4, 0.5) is 14.5 Å². The van der Waals surface area contributed by atoms with Gasteiger partial charge in [-0.1, -0.05) is 18.2 Å². The summed E-state index contributed by atoms with van der Waals surface area (Å²) in [6.07, 6.45) is 1.69. The first kappa shape index (κ1) is 19.2. The Balaban J connectivity index is 1.30. The summed E-state index contributed by atoms with van der Waals surface area (Å²) in [7, 11) is 0. The molecule has 0 saturated carbocycles. The van der Waals surface area contributed by atoms with E-state index in [1.165, 1.54) is 6.07 Å². The van der Waals surface area contributed by atoms with Gasteiger partial charge in [0.1, 0.15) is 11.9 Å². The molecular weight excluding hydrogens is 362 g/mol. The summed E-state index contributed by atoms with van der Waals surface area (Å²) >= 11 is 0. The number of piperidine rings is 1. The van der Waals surface area contributed by atoms with Crippen LogP contribution >= 0.6 is 0 Å². The Labute approximate surface area is 164 Å². The van der Waals surface area contributed by atoms with Crippen LogP contribution in [0.15, 0.2) is 42.5 Å². The maximum absolute atomic E-state index is 14.6. The van der Waals surface area contributed by atoms with E-state index in [0.29, 0.717) is 31.2 Å². The van der Waals surface area contributed by atoms with Crippen molar-refractivity contribution in [2.24, 2.45) is 0 Å². The van der Waals surface area contributed by atoms with Gasteiger partial charge in [-0.25, -0.2) is 8.78 Å². The van der Waals surface area contributed by atoms with E-state index >= 15 is 0 Å². The molecule has 0 aromatic heterocycles. The number of nitrogens with zero attached hydrogens (tertiary/aromatic N) is 2. The van der Waals surface area contributed by atoms with Crippen molar-refractivity contribution in [1.82, 2.24) is 4.90 Å². The number of ether oxygens (including phenoxy) is 2. The van der Waals surface area contributed by atoms with Crippen LogP contribution in [-0.2, 0) is 11.3 Å². The Morgan fingerprint density at radius 1 is 0.929 bits per heavy atom. The van der Waals surface area contributed by atoms with E-state index in [0.717, 1.165) is 44.6 Å². The third kappa shape index (κ3) is 4.62. The van der Waals surface area contributed by atoms with Crippen molar-refractivity contribution in [3.05, 3.63) is 59.7 Å². The van der Waals surface area contributed by atoms with Gasteiger partial charge in [0.05, 0.1) is 18.9 Å². The van der Waals surface area contributed by atoms with E-state index in [4.69, 9.17) is 9.47 Å². The second-order valence-corrected chi connectivity index (χ2v) is 7.41. The lowest BCUT2D eigenvalue weighted by atomic mass is 10.1. The lowest BCUT2D eigenvalue weighted by Gasteiger charge is -2.32. The average Bonchev–Trinajstić information content (AvgIpc) is 2.72. The van der Waals surface area contributed by atoms with Gasteiger partial charge in [0, 0.05) is 32.7 Å². The topological polar surface area (TPSA) is 24.9 Å². The first-order valence-corrected chi connectivity index (χ1v) is 9.94. The smallest absolute Gasteiger partial charge is 0.165 e. The van der Waals surface area contributed by atoms with E-state index in [1.807, 2.05) is 17.0 Å².